The van der Waals surface area contributed by atoms with Crippen molar-refractivity contribution in [1.29, 1.82) is 0 Å². The highest BCUT2D eigenvalue weighted by Gasteiger charge is 2.24. The summed E-state index contributed by atoms with van der Waals surface area (Å²) < 4.78 is 1.79. The molecule has 2 atom stereocenters. The Kier molecular flexibility index (Phi) is 6.10. The third kappa shape index (κ3) is 5.70. The highest BCUT2D eigenvalue weighted by atomic mass is 16.3. The Bertz CT molecular complexity index is 541. The third-order valence-electron chi connectivity index (χ3n) is 4.39. The molecule has 1 aliphatic rings. The molecule has 2 rings (SSSR count). The molecular formula is C17H31N5O2. The van der Waals surface area contributed by atoms with Crippen LogP contribution in [0.15, 0.2) is 12.4 Å². The molecular weight excluding hydrogens is 306 g/mol. The van der Waals surface area contributed by atoms with E-state index in [2.05, 4.69) is 20.6 Å². The number of urea groups is 1. The van der Waals surface area contributed by atoms with Crippen LogP contribution in [0.2, 0.25) is 0 Å². The lowest BCUT2D eigenvalue weighted by Crippen LogP contribution is -2.51. The average Bonchev–Trinajstić information content (AvgIpc) is 2.91. The van der Waals surface area contributed by atoms with Gasteiger partial charge in [-0.25, -0.2) is 4.79 Å². The molecule has 0 aromatic carbocycles. The first-order chi connectivity index (χ1) is 11.2. The van der Waals surface area contributed by atoms with Gasteiger partial charge in [0.2, 0.25) is 0 Å². The lowest BCUT2D eigenvalue weighted by atomic mass is 9.87. The van der Waals surface area contributed by atoms with Gasteiger partial charge >= 0.3 is 6.03 Å². The normalized spacial score (nSPS) is 19.9. The van der Waals surface area contributed by atoms with Crippen LogP contribution in [0.25, 0.3) is 0 Å². The summed E-state index contributed by atoms with van der Waals surface area (Å²) in [5.41, 5.74) is 0.974. The highest BCUT2D eigenvalue weighted by molar-refractivity contribution is 5.74. The first kappa shape index (κ1) is 18.6. The van der Waals surface area contributed by atoms with Crippen molar-refractivity contribution in [2.24, 2.45) is 12.5 Å². The number of nitrogens with one attached hydrogen (secondary N) is 2. The van der Waals surface area contributed by atoms with Crippen molar-refractivity contribution in [3.8, 4) is 0 Å². The van der Waals surface area contributed by atoms with Gasteiger partial charge in [0, 0.05) is 38.9 Å². The number of anilines is 1. The summed E-state index contributed by atoms with van der Waals surface area (Å²) in [5.74, 6) is 0. The van der Waals surface area contributed by atoms with E-state index in [0.29, 0.717) is 13.0 Å². The van der Waals surface area contributed by atoms with E-state index in [9.17, 15) is 9.90 Å². The average molecular weight is 337 g/mol. The van der Waals surface area contributed by atoms with Crippen molar-refractivity contribution >= 4 is 11.7 Å². The predicted molar refractivity (Wildman–Crippen MR) is 95.1 cm³/mol. The molecule has 7 nitrogen and oxygen atoms in total. The molecule has 2 amide bonds. The fraction of sp³-hybridized carbons (Fsp3) is 0.765. The van der Waals surface area contributed by atoms with E-state index in [1.807, 2.05) is 33.3 Å². The molecule has 1 aliphatic heterocycles. The first-order valence-corrected chi connectivity index (χ1v) is 8.71. The van der Waals surface area contributed by atoms with E-state index >= 15 is 0 Å². The topological polar surface area (TPSA) is 82.4 Å². The minimum atomic E-state index is -0.365. The fourth-order valence-corrected chi connectivity index (χ4v) is 3.33. The van der Waals surface area contributed by atoms with Crippen LogP contribution in [0.3, 0.4) is 0 Å². The van der Waals surface area contributed by atoms with Crippen molar-refractivity contribution < 1.29 is 9.90 Å². The molecule has 2 heterocycles. The Morgan fingerprint density at radius 1 is 1.54 bits per heavy atom. The second kappa shape index (κ2) is 7.88. The number of piperidine rings is 1. The summed E-state index contributed by atoms with van der Waals surface area (Å²) in [4.78, 5) is 14.4. The first-order valence-electron chi connectivity index (χ1n) is 8.71. The van der Waals surface area contributed by atoms with Gasteiger partial charge in [-0.15, -0.1) is 0 Å². The van der Waals surface area contributed by atoms with Crippen LogP contribution in [0.5, 0.6) is 0 Å². The number of aliphatic hydroxyl groups is 1. The molecule has 0 aliphatic carbocycles. The highest BCUT2D eigenvalue weighted by Crippen LogP contribution is 2.21. The number of hydrogen-bond acceptors (Lipinski definition) is 4. The number of hydrogen-bond donors (Lipinski definition) is 3. The van der Waals surface area contributed by atoms with Gasteiger partial charge in [-0.1, -0.05) is 13.8 Å². The molecule has 1 saturated heterocycles. The van der Waals surface area contributed by atoms with Gasteiger partial charge < -0.3 is 20.6 Å². The van der Waals surface area contributed by atoms with Gasteiger partial charge in [0.1, 0.15) is 0 Å². The number of aryl methyl sites for hydroxylation is 1. The Balaban J connectivity index is 1.79. The van der Waals surface area contributed by atoms with Crippen molar-refractivity contribution in [1.82, 2.24) is 20.4 Å². The largest absolute Gasteiger partial charge is 0.393 e. The Hall–Kier alpha value is -1.76. The van der Waals surface area contributed by atoms with Crippen LogP contribution in [-0.2, 0) is 7.05 Å². The Morgan fingerprint density at radius 3 is 2.92 bits per heavy atom. The molecule has 0 spiro atoms. The van der Waals surface area contributed by atoms with Crippen LogP contribution in [-0.4, -0.2) is 52.7 Å². The monoisotopic (exact) mass is 337 g/mol. The fourth-order valence-electron chi connectivity index (χ4n) is 3.33. The van der Waals surface area contributed by atoms with E-state index in [1.165, 1.54) is 0 Å². The van der Waals surface area contributed by atoms with Crippen molar-refractivity contribution in [2.75, 3.05) is 24.5 Å². The van der Waals surface area contributed by atoms with Gasteiger partial charge in [0.25, 0.3) is 0 Å². The molecule has 1 fully saturated rings. The number of carbonyl (C=O) groups excluding carboxylic acids is 1. The van der Waals surface area contributed by atoms with Crippen molar-refractivity contribution in [3.05, 3.63) is 12.4 Å². The number of amides is 2. The number of nitrogens with zero attached hydrogens (tertiary/aromatic N) is 3. The zero-order valence-corrected chi connectivity index (χ0v) is 15.2. The molecule has 1 aromatic rings. The summed E-state index contributed by atoms with van der Waals surface area (Å²) in [6.07, 6.45) is 6.19. The summed E-state index contributed by atoms with van der Waals surface area (Å²) in [6, 6.07) is 0.00513. The van der Waals surface area contributed by atoms with Gasteiger partial charge in [0.15, 0.2) is 0 Å². The predicted octanol–water partition coefficient (Wildman–Crippen LogP) is 1.49. The SMILES string of the molecule is CC(O)CC(C)(C)CNC(=O)NC1CCCN(c2cnn(C)c2)C1. The molecule has 7 heteroatoms. The zero-order valence-electron chi connectivity index (χ0n) is 15.2. The summed E-state index contributed by atoms with van der Waals surface area (Å²) in [5, 5.41) is 19.7. The standard InChI is InChI=1S/C17H31N5O2/c1-13(23)8-17(2,3)12-18-16(24)20-14-6-5-7-22(10-14)15-9-19-21(4)11-15/h9,11,13-14,23H,5-8,10,12H2,1-4H3,(H2,18,20,24). The summed E-state index contributed by atoms with van der Waals surface area (Å²) in [6.45, 7) is 8.21. The number of carbonyl (C=O) groups is 1. The van der Waals surface area contributed by atoms with Crippen molar-refractivity contribution in [2.45, 2.75) is 52.2 Å². The second-order valence-electron chi connectivity index (χ2n) is 7.70. The molecule has 2 unspecified atom stereocenters. The van der Waals surface area contributed by atoms with Crippen LogP contribution >= 0.6 is 0 Å². The smallest absolute Gasteiger partial charge is 0.315 e. The van der Waals surface area contributed by atoms with Crippen LogP contribution < -0.4 is 15.5 Å². The van der Waals surface area contributed by atoms with E-state index in [-0.39, 0.29) is 23.6 Å². The van der Waals surface area contributed by atoms with E-state index in [1.54, 1.807) is 11.6 Å². The lowest BCUT2D eigenvalue weighted by Gasteiger charge is -2.34. The molecule has 0 bridgehead atoms. The number of aromatic nitrogens is 2. The quantitative estimate of drug-likeness (QED) is 0.734. The maximum atomic E-state index is 12.2. The molecule has 1 aromatic heterocycles. The minimum Gasteiger partial charge on any atom is -0.393 e. The number of aliphatic hydroxyl groups excluding tert-OH is 1. The Morgan fingerprint density at radius 2 is 2.29 bits per heavy atom. The van der Waals surface area contributed by atoms with Gasteiger partial charge in [-0.3, -0.25) is 4.68 Å². The molecule has 3 N–H and O–H groups in total. The van der Waals surface area contributed by atoms with Gasteiger partial charge in [-0.2, -0.15) is 5.10 Å². The lowest BCUT2D eigenvalue weighted by molar-refractivity contribution is 0.128. The zero-order chi connectivity index (χ0) is 17.7. The van der Waals surface area contributed by atoms with Gasteiger partial charge in [-0.05, 0) is 31.6 Å². The third-order valence-corrected chi connectivity index (χ3v) is 4.39. The summed E-state index contributed by atoms with van der Waals surface area (Å²) >= 11 is 0. The second-order valence-corrected chi connectivity index (χ2v) is 7.70. The van der Waals surface area contributed by atoms with E-state index in [4.69, 9.17) is 0 Å². The molecule has 136 valence electrons. The summed E-state index contributed by atoms with van der Waals surface area (Å²) in [7, 11) is 1.91. The van der Waals surface area contributed by atoms with E-state index in [0.717, 1.165) is 31.6 Å². The van der Waals surface area contributed by atoms with Gasteiger partial charge in [0.05, 0.1) is 18.0 Å². The van der Waals surface area contributed by atoms with Crippen molar-refractivity contribution in [3.63, 3.8) is 0 Å². The maximum Gasteiger partial charge on any atom is 0.315 e. The molecule has 0 radical (unpaired) electrons. The molecule has 0 saturated carbocycles. The minimum absolute atomic E-state index is 0.125. The van der Waals surface area contributed by atoms with Crippen LogP contribution in [0.4, 0.5) is 10.5 Å². The van der Waals surface area contributed by atoms with Crippen LogP contribution in [0, 0.1) is 5.41 Å². The van der Waals surface area contributed by atoms with E-state index < -0.39 is 0 Å². The Labute approximate surface area is 144 Å². The number of rotatable bonds is 6. The maximum absolute atomic E-state index is 12.2. The van der Waals surface area contributed by atoms with Crippen LogP contribution in [0.1, 0.15) is 40.0 Å². The molecule has 24 heavy (non-hydrogen) atoms.